The Morgan fingerprint density at radius 1 is 1.20 bits per heavy atom. The fraction of sp³-hybridized carbons (Fsp3) is 0.182. The fourth-order valence-electron chi connectivity index (χ4n) is 3.15. The van der Waals surface area contributed by atoms with Gasteiger partial charge in [0.25, 0.3) is 11.1 Å². The number of amides is 1. The van der Waals surface area contributed by atoms with Crippen molar-refractivity contribution in [2.75, 3.05) is 0 Å². The summed E-state index contributed by atoms with van der Waals surface area (Å²) in [5.41, 5.74) is 2.97. The highest BCUT2D eigenvalue weighted by Crippen LogP contribution is 2.24. The number of fused-ring (bicyclic) bond motifs is 1. The third-order valence-corrected chi connectivity index (χ3v) is 4.72. The summed E-state index contributed by atoms with van der Waals surface area (Å²) in [5, 5.41) is 6.75. The molecule has 0 saturated carbocycles. The van der Waals surface area contributed by atoms with Crippen LogP contribution in [0.25, 0.3) is 22.4 Å². The minimum absolute atomic E-state index is 0.00278. The SMILES string of the molecule is Cc1cccc(CNC(=O)CCn2cnc3c(-c4ccc(F)cc4)noc3c2=O)c1. The summed E-state index contributed by atoms with van der Waals surface area (Å²) in [7, 11) is 0. The van der Waals surface area contributed by atoms with Crippen LogP contribution in [0.15, 0.2) is 64.2 Å². The van der Waals surface area contributed by atoms with Crippen LogP contribution in [0, 0.1) is 12.7 Å². The Balaban J connectivity index is 1.44. The van der Waals surface area contributed by atoms with Gasteiger partial charge in [-0.1, -0.05) is 35.0 Å². The summed E-state index contributed by atoms with van der Waals surface area (Å²) in [5.74, 6) is -0.546. The average molecular weight is 406 g/mol. The molecular formula is C22H19FN4O3. The van der Waals surface area contributed by atoms with Crippen LogP contribution in [0.1, 0.15) is 17.5 Å². The molecule has 2 aromatic heterocycles. The van der Waals surface area contributed by atoms with Crippen molar-refractivity contribution in [1.82, 2.24) is 20.0 Å². The van der Waals surface area contributed by atoms with Crippen LogP contribution in [-0.2, 0) is 17.9 Å². The first kappa shape index (κ1) is 19.5. The van der Waals surface area contributed by atoms with E-state index in [0.717, 1.165) is 11.1 Å². The molecule has 4 aromatic rings. The lowest BCUT2D eigenvalue weighted by molar-refractivity contribution is -0.121. The number of aryl methyl sites for hydroxylation is 2. The number of benzene rings is 2. The van der Waals surface area contributed by atoms with E-state index in [1.54, 1.807) is 12.1 Å². The molecule has 0 saturated heterocycles. The van der Waals surface area contributed by atoms with Crippen molar-refractivity contribution >= 4 is 17.0 Å². The fourth-order valence-corrected chi connectivity index (χ4v) is 3.15. The van der Waals surface area contributed by atoms with Crippen molar-refractivity contribution in [3.63, 3.8) is 0 Å². The number of hydrogen-bond acceptors (Lipinski definition) is 5. The van der Waals surface area contributed by atoms with Crippen molar-refractivity contribution in [3.05, 3.63) is 82.2 Å². The number of hydrogen-bond donors (Lipinski definition) is 1. The Morgan fingerprint density at radius 3 is 2.77 bits per heavy atom. The third-order valence-electron chi connectivity index (χ3n) is 4.72. The minimum Gasteiger partial charge on any atom is -0.352 e. The van der Waals surface area contributed by atoms with Crippen LogP contribution >= 0.6 is 0 Å². The van der Waals surface area contributed by atoms with E-state index < -0.39 is 5.56 Å². The average Bonchev–Trinajstić information content (AvgIpc) is 3.17. The highest BCUT2D eigenvalue weighted by atomic mass is 19.1. The molecule has 8 heteroatoms. The Hall–Kier alpha value is -3.81. The molecule has 152 valence electrons. The number of nitrogens with one attached hydrogen (secondary N) is 1. The van der Waals surface area contributed by atoms with Crippen LogP contribution in [0.2, 0.25) is 0 Å². The molecule has 0 spiro atoms. The van der Waals surface area contributed by atoms with Crippen LogP contribution in [-0.4, -0.2) is 20.6 Å². The molecular weight excluding hydrogens is 387 g/mol. The van der Waals surface area contributed by atoms with E-state index in [1.165, 1.54) is 23.0 Å². The lowest BCUT2D eigenvalue weighted by Gasteiger charge is -2.07. The van der Waals surface area contributed by atoms with Crippen molar-refractivity contribution in [2.45, 2.75) is 26.4 Å². The standard InChI is InChI=1S/C22H19FN4O3/c1-14-3-2-4-15(11-14)12-24-18(28)9-10-27-13-25-20-19(26-30-21(20)22(27)29)16-5-7-17(23)8-6-16/h2-8,11,13H,9-10,12H2,1H3,(H,24,28). The van der Waals surface area contributed by atoms with E-state index >= 15 is 0 Å². The molecule has 0 fully saturated rings. The zero-order valence-corrected chi connectivity index (χ0v) is 16.3. The monoisotopic (exact) mass is 406 g/mol. The number of carbonyl (C=O) groups excluding carboxylic acids is 1. The minimum atomic E-state index is -0.424. The zero-order chi connectivity index (χ0) is 21.1. The topological polar surface area (TPSA) is 90.0 Å². The molecule has 4 rings (SSSR count). The van der Waals surface area contributed by atoms with Gasteiger partial charge in [-0.05, 0) is 36.8 Å². The molecule has 1 N–H and O–H groups in total. The van der Waals surface area contributed by atoms with Crippen LogP contribution in [0.3, 0.4) is 0 Å². The van der Waals surface area contributed by atoms with Crippen LogP contribution < -0.4 is 10.9 Å². The van der Waals surface area contributed by atoms with E-state index in [4.69, 9.17) is 4.52 Å². The predicted molar refractivity (Wildman–Crippen MR) is 109 cm³/mol. The van der Waals surface area contributed by atoms with Gasteiger partial charge in [0.15, 0.2) is 0 Å². The summed E-state index contributed by atoms with van der Waals surface area (Å²) in [6, 6.07) is 13.6. The quantitative estimate of drug-likeness (QED) is 0.531. The summed E-state index contributed by atoms with van der Waals surface area (Å²) in [6.45, 7) is 2.58. The molecule has 0 bridgehead atoms. The number of rotatable bonds is 6. The normalized spacial score (nSPS) is 11.0. The molecule has 2 aromatic carbocycles. The van der Waals surface area contributed by atoms with Gasteiger partial charge in [0.05, 0.1) is 6.33 Å². The highest BCUT2D eigenvalue weighted by Gasteiger charge is 2.16. The second-order valence-corrected chi connectivity index (χ2v) is 6.97. The molecule has 0 aliphatic heterocycles. The van der Waals surface area contributed by atoms with Gasteiger partial charge in [0, 0.05) is 25.1 Å². The Labute approximate surface area is 171 Å². The van der Waals surface area contributed by atoms with Gasteiger partial charge in [-0.2, -0.15) is 0 Å². The maximum Gasteiger partial charge on any atom is 0.299 e. The van der Waals surface area contributed by atoms with Gasteiger partial charge in [-0.15, -0.1) is 0 Å². The molecule has 0 aliphatic rings. The van der Waals surface area contributed by atoms with Crippen molar-refractivity contribution in [3.8, 4) is 11.3 Å². The lowest BCUT2D eigenvalue weighted by atomic mass is 10.1. The Bertz CT molecular complexity index is 1260. The zero-order valence-electron chi connectivity index (χ0n) is 16.3. The second-order valence-electron chi connectivity index (χ2n) is 6.97. The summed E-state index contributed by atoms with van der Waals surface area (Å²) in [4.78, 5) is 29.1. The largest absolute Gasteiger partial charge is 0.352 e. The first-order valence-corrected chi connectivity index (χ1v) is 9.44. The molecule has 0 radical (unpaired) electrons. The smallest absolute Gasteiger partial charge is 0.299 e. The summed E-state index contributed by atoms with van der Waals surface area (Å²) >= 11 is 0. The van der Waals surface area contributed by atoms with Crippen molar-refractivity contribution in [2.24, 2.45) is 0 Å². The van der Waals surface area contributed by atoms with E-state index in [-0.39, 0.29) is 30.3 Å². The maximum absolute atomic E-state index is 13.1. The van der Waals surface area contributed by atoms with Gasteiger partial charge < -0.3 is 9.84 Å². The number of carbonyl (C=O) groups is 1. The lowest BCUT2D eigenvalue weighted by Crippen LogP contribution is -2.27. The Morgan fingerprint density at radius 2 is 2.00 bits per heavy atom. The first-order chi connectivity index (χ1) is 14.5. The van der Waals surface area contributed by atoms with E-state index in [1.807, 2.05) is 31.2 Å². The van der Waals surface area contributed by atoms with Crippen molar-refractivity contribution in [1.29, 1.82) is 0 Å². The maximum atomic E-state index is 13.1. The number of halogens is 1. The molecule has 1 amide bonds. The van der Waals surface area contributed by atoms with Gasteiger partial charge in [-0.25, -0.2) is 9.37 Å². The summed E-state index contributed by atoms with van der Waals surface area (Å²) < 4.78 is 19.6. The third kappa shape index (κ3) is 4.12. The summed E-state index contributed by atoms with van der Waals surface area (Å²) in [6.07, 6.45) is 1.49. The second kappa shape index (κ2) is 8.28. The van der Waals surface area contributed by atoms with Crippen LogP contribution in [0.4, 0.5) is 4.39 Å². The highest BCUT2D eigenvalue weighted by molar-refractivity contribution is 5.87. The van der Waals surface area contributed by atoms with Gasteiger partial charge in [0.2, 0.25) is 5.91 Å². The first-order valence-electron chi connectivity index (χ1n) is 9.44. The van der Waals surface area contributed by atoms with Gasteiger partial charge >= 0.3 is 0 Å². The molecule has 0 atom stereocenters. The van der Waals surface area contributed by atoms with Crippen molar-refractivity contribution < 1.29 is 13.7 Å². The molecule has 2 heterocycles. The molecule has 30 heavy (non-hydrogen) atoms. The van der Waals surface area contributed by atoms with Gasteiger partial charge in [0.1, 0.15) is 17.0 Å². The number of aromatic nitrogens is 3. The molecule has 0 unspecified atom stereocenters. The Kier molecular flexibility index (Phi) is 5.38. The van der Waals surface area contributed by atoms with E-state index in [0.29, 0.717) is 23.3 Å². The van der Waals surface area contributed by atoms with Gasteiger partial charge in [-0.3, -0.25) is 14.2 Å². The van der Waals surface area contributed by atoms with Crippen LogP contribution in [0.5, 0.6) is 0 Å². The predicted octanol–water partition coefficient (Wildman–Crippen LogP) is 3.21. The van der Waals surface area contributed by atoms with E-state index in [2.05, 4.69) is 15.5 Å². The van der Waals surface area contributed by atoms with E-state index in [9.17, 15) is 14.0 Å². The molecule has 7 nitrogen and oxygen atoms in total. The molecule has 0 aliphatic carbocycles. The number of nitrogens with zero attached hydrogens (tertiary/aromatic N) is 3.